The summed E-state index contributed by atoms with van der Waals surface area (Å²) in [5, 5.41) is 4.75. The van der Waals surface area contributed by atoms with Crippen molar-refractivity contribution in [3.63, 3.8) is 0 Å². The van der Waals surface area contributed by atoms with E-state index in [0.717, 1.165) is 66.9 Å². The number of nitrogens with two attached hydrogens (primary N) is 1. The molecule has 2 saturated heterocycles. The molecule has 2 atom stereocenters. The van der Waals surface area contributed by atoms with Crippen LogP contribution in [-0.2, 0) is 11.2 Å². The van der Waals surface area contributed by atoms with Crippen molar-refractivity contribution >= 4 is 16.7 Å². The van der Waals surface area contributed by atoms with Gasteiger partial charge in [-0.3, -0.25) is 0 Å². The number of aryl methyl sites for hydroxylation is 3. The zero-order chi connectivity index (χ0) is 23.5. The molecule has 0 spiro atoms. The molecule has 5 rings (SSSR count). The number of halogens is 1. The van der Waals surface area contributed by atoms with Gasteiger partial charge in [-0.1, -0.05) is 19.0 Å². The largest absolute Gasteiger partial charge is 0.377 e. The molecule has 33 heavy (non-hydrogen) atoms. The van der Waals surface area contributed by atoms with Gasteiger partial charge in [0.15, 0.2) is 5.82 Å². The fraction of sp³-hybridized carbons (Fsp3) is 0.560. The third-order valence-corrected chi connectivity index (χ3v) is 6.50. The number of aromatic nitrogens is 3. The number of hydrogen-bond donors (Lipinski definition) is 1. The standard InChI is InChI=1S/C20H23FN4O.C5H11NO/c1-5-14-8-15-12(3)17(20-22-13(4)24-26-20)19(23-18(15)16(21)9-14)25-7-6-11(2)10-25;6-4-5-2-1-3-7-5/h8-9,11H,5-7,10H2,1-4H3;5H,1-4,6H2. The number of rotatable bonds is 4. The zero-order valence-corrected chi connectivity index (χ0v) is 20.0. The maximum Gasteiger partial charge on any atom is 0.261 e. The summed E-state index contributed by atoms with van der Waals surface area (Å²) in [6.45, 7) is 11.4. The molecule has 2 fully saturated rings. The average molecular weight is 456 g/mol. The van der Waals surface area contributed by atoms with Gasteiger partial charge in [-0.15, -0.1) is 0 Å². The summed E-state index contributed by atoms with van der Waals surface area (Å²) in [6.07, 6.45) is 4.60. The molecule has 2 aliphatic heterocycles. The zero-order valence-electron chi connectivity index (χ0n) is 20.0. The molecule has 0 aliphatic carbocycles. The number of benzene rings is 1. The van der Waals surface area contributed by atoms with Gasteiger partial charge < -0.3 is 19.9 Å². The molecule has 2 N–H and O–H groups in total. The number of hydrogen-bond acceptors (Lipinski definition) is 7. The van der Waals surface area contributed by atoms with Gasteiger partial charge >= 0.3 is 0 Å². The van der Waals surface area contributed by atoms with Gasteiger partial charge in [-0.05, 0) is 68.7 Å². The van der Waals surface area contributed by atoms with E-state index in [2.05, 4.69) is 22.0 Å². The van der Waals surface area contributed by atoms with Crippen molar-refractivity contribution in [2.24, 2.45) is 11.7 Å². The fourth-order valence-corrected chi connectivity index (χ4v) is 4.56. The predicted molar refractivity (Wildman–Crippen MR) is 128 cm³/mol. The quantitative estimate of drug-likeness (QED) is 0.616. The van der Waals surface area contributed by atoms with Gasteiger partial charge in [0.2, 0.25) is 0 Å². The molecular formula is C25H34FN5O2. The highest BCUT2D eigenvalue weighted by molar-refractivity contribution is 5.93. The lowest BCUT2D eigenvalue weighted by Gasteiger charge is -2.22. The Kier molecular flexibility index (Phi) is 7.24. The van der Waals surface area contributed by atoms with E-state index in [1.54, 1.807) is 13.0 Å². The molecular weight excluding hydrogens is 421 g/mol. The normalized spacial score (nSPS) is 20.4. The minimum Gasteiger partial charge on any atom is -0.377 e. The topological polar surface area (TPSA) is 90.3 Å². The Labute approximate surface area is 194 Å². The van der Waals surface area contributed by atoms with E-state index >= 15 is 0 Å². The Morgan fingerprint density at radius 3 is 2.58 bits per heavy atom. The van der Waals surface area contributed by atoms with Gasteiger partial charge in [-0.25, -0.2) is 9.37 Å². The van der Waals surface area contributed by atoms with E-state index < -0.39 is 0 Å². The Balaban J connectivity index is 0.000000318. The first-order valence-corrected chi connectivity index (χ1v) is 11.9. The Morgan fingerprint density at radius 2 is 2.03 bits per heavy atom. The van der Waals surface area contributed by atoms with E-state index in [4.69, 9.17) is 20.0 Å². The van der Waals surface area contributed by atoms with Crippen LogP contribution in [0.4, 0.5) is 10.2 Å². The minimum atomic E-state index is -0.274. The van der Waals surface area contributed by atoms with Crippen molar-refractivity contribution in [1.82, 2.24) is 15.1 Å². The first kappa shape index (κ1) is 23.6. The minimum absolute atomic E-state index is 0.274. The smallest absolute Gasteiger partial charge is 0.261 e. The van der Waals surface area contributed by atoms with Crippen LogP contribution in [0.2, 0.25) is 0 Å². The van der Waals surface area contributed by atoms with Gasteiger partial charge in [0, 0.05) is 31.6 Å². The third-order valence-electron chi connectivity index (χ3n) is 6.50. The maximum atomic E-state index is 14.8. The first-order chi connectivity index (χ1) is 15.9. The van der Waals surface area contributed by atoms with Gasteiger partial charge in [-0.2, -0.15) is 4.98 Å². The van der Waals surface area contributed by atoms with E-state index in [1.807, 2.05) is 19.9 Å². The van der Waals surface area contributed by atoms with Crippen molar-refractivity contribution in [3.8, 4) is 11.5 Å². The summed E-state index contributed by atoms with van der Waals surface area (Å²) < 4.78 is 25.4. The second-order valence-corrected chi connectivity index (χ2v) is 9.12. The highest BCUT2D eigenvalue weighted by atomic mass is 19.1. The number of nitrogens with zero attached hydrogens (tertiary/aromatic N) is 4. The van der Waals surface area contributed by atoms with Crippen LogP contribution in [0.1, 0.15) is 50.1 Å². The van der Waals surface area contributed by atoms with Crippen LogP contribution in [0, 0.1) is 25.6 Å². The average Bonchev–Trinajstić information content (AvgIpc) is 3.57. The first-order valence-electron chi connectivity index (χ1n) is 11.9. The second kappa shape index (κ2) is 10.1. The highest BCUT2D eigenvalue weighted by Crippen LogP contribution is 2.38. The van der Waals surface area contributed by atoms with Crippen LogP contribution in [0.25, 0.3) is 22.4 Å². The SMILES string of the molecule is CCc1cc(F)c2nc(N3CCC(C)C3)c(-c3nc(C)no3)c(C)c2c1.NCC1CCCO1. The van der Waals surface area contributed by atoms with Crippen LogP contribution in [0.15, 0.2) is 16.7 Å². The molecule has 0 saturated carbocycles. The summed E-state index contributed by atoms with van der Waals surface area (Å²) in [5.41, 5.74) is 8.43. The lowest BCUT2D eigenvalue weighted by atomic mass is 10.00. The summed E-state index contributed by atoms with van der Waals surface area (Å²) in [6, 6.07) is 3.60. The molecule has 1 aromatic carbocycles. The van der Waals surface area contributed by atoms with Crippen LogP contribution in [-0.4, -0.2) is 47.5 Å². The number of anilines is 1. The van der Waals surface area contributed by atoms with Gasteiger partial charge in [0.25, 0.3) is 5.89 Å². The third kappa shape index (κ3) is 5.01. The lowest BCUT2D eigenvalue weighted by Crippen LogP contribution is -2.22. The molecule has 0 radical (unpaired) electrons. The molecule has 178 valence electrons. The van der Waals surface area contributed by atoms with Crippen LogP contribution >= 0.6 is 0 Å². The number of ether oxygens (including phenoxy) is 1. The monoisotopic (exact) mass is 455 g/mol. The predicted octanol–water partition coefficient (Wildman–Crippen LogP) is 4.57. The summed E-state index contributed by atoms with van der Waals surface area (Å²) >= 11 is 0. The van der Waals surface area contributed by atoms with Crippen LogP contribution in [0.3, 0.4) is 0 Å². The molecule has 0 amide bonds. The van der Waals surface area contributed by atoms with Crippen molar-refractivity contribution in [2.45, 2.75) is 59.5 Å². The van der Waals surface area contributed by atoms with Crippen molar-refractivity contribution in [2.75, 3.05) is 31.1 Å². The molecule has 3 aromatic rings. The summed E-state index contributed by atoms with van der Waals surface area (Å²) in [4.78, 5) is 11.4. The molecule has 2 aromatic heterocycles. The van der Waals surface area contributed by atoms with E-state index in [0.29, 0.717) is 35.8 Å². The van der Waals surface area contributed by atoms with Gasteiger partial charge in [0.1, 0.15) is 17.2 Å². The summed E-state index contributed by atoms with van der Waals surface area (Å²) in [7, 11) is 0. The van der Waals surface area contributed by atoms with Crippen LogP contribution in [0.5, 0.6) is 0 Å². The molecule has 7 nitrogen and oxygen atoms in total. The molecule has 0 bridgehead atoms. The number of pyridine rings is 1. The number of fused-ring (bicyclic) bond motifs is 1. The molecule has 2 aliphatic rings. The lowest BCUT2D eigenvalue weighted by molar-refractivity contribution is 0.117. The van der Waals surface area contributed by atoms with Crippen molar-refractivity contribution < 1.29 is 13.7 Å². The summed E-state index contributed by atoms with van der Waals surface area (Å²) in [5.74, 6) is 2.08. The van der Waals surface area contributed by atoms with Crippen molar-refractivity contribution in [1.29, 1.82) is 0 Å². The Morgan fingerprint density at radius 1 is 1.21 bits per heavy atom. The molecule has 8 heteroatoms. The van der Waals surface area contributed by atoms with Crippen LogP contribution < -0.4 is 10.6 Å². The van der Waals surface area contributed by atoms with E-state index in [1.165, 1.54) is 6.42 Å². The van der Waals surface area contributed by atoms with E-state index in [-0.39, 0.29) is 5.82 Å². The van der Waals surface area contributed by atoms with Gasteiger partial charge in [0.05, 0.1) is 11.7 Å². The van der Waals surface area contributed by atoms with E-state index in [9.17, 15) is 4.39 Å². The Bertz CT molecular complexity index is 1110. The highest BCUT2D eigenvalue weighted by Gasteiger charge is 2.28. The second-order valence-electron chi connectivity index (χ2n) is 9.12. The molecule has 2 unspecified atom stereocenters. The maximum absolute atomic E-state index is 14.8. The fourth-order valence-electron chi connectivity index (χ4n) is 4.56. The molecule has 4 heterocycles. The van der Waals surface area contributed by atoms with Crippen molar-refractivity contribution in [3.05, 3.63) is 34.9 Å². The Hall–Kier alpha value is -2.58.